The molecule has 2 aromatic carbocycles. The first-order valence-corrected chi connectivity index (χ1v) is 10.8. The van der Waals surface area contributed by atoms with Gasteiger partial charge in [0.05, 0.1) is 25.8 Å². The summed E-state index contributed by atoms with van der Waals surface area (Å²) in [5, 5.41) is 17.1. The molecule has 31 heavy (non-hydrogen) atoms. The molecule has 1 aliphatic rings. The Balaban J connectivity index is 0.00000341. The van der Waals surface area contributed by atoms with Gasteiger partial charge in [-0.1, -0.05) is 42.5 Å². The Kier molecular flexibility index (Phi) is 11.1. The van der Waals surface area contributed by atoms with Crippen LogP contribution in [0, 0.1) is 0 Å². The Bertz CT molecular complexity index is 780. The maximum absolute atomic E-state index is 10.5. The van der Waals surface area contributed by atoms with Crippen LogP contribution in [0.2, 0.25) is 0 Å². The number of aliphatic hydroxyl groups is 1. The Labute approximate surface area is 203 Å². The number of rotatable bonds is 9. The zero-order valence-electron chi connectivity index (χ0n) is 18.5. The highest BCUT2D eigenvalue weighted by Gasteiger charge is 2.23. The van der Waals surface area contributed by atoms with E-state index >= 15 is 0 Å². The summed E-state index contributed by atoms with van der Waals surface area (Å²) in [7, 11) is 1.64. The van der Waals surface area contributed by atoms with Crippen LogP contribution in [-0.4, -0.2) is 55.8 Å². The van der Waals surface area contributed by atoms with Crippen LogP contribution in [0.3, 0.4) is 0 Å². The van der Waals surface area contributed by atoms with Crippen molar-refractivity contribution in [1.29, 1.82) is 0 Å². The van der Waals surface area contributed by atoms with E-state index in [4.69, 9.17) is 9.73 Å². The molecule has 7 heteroatoms. The van der Waals surface area contributed by atoms with Gasteiger partial charge in [-0.3, -0.25) is 9.89 Å². The molecule has 2 atom stereocenters. The van der Waals surface area contributed by atoms with Crippen LogP contribution in [-0.2, 0) is 0 Å². The van der Waals surface area contributed by atoms with Crippen molar-refractivity contribution in [2.45, 2.75) is 31.9 Å². The van der Waals surface area contributed by atoms with E-state index in [0.29, 0.717) is 13.1 Å². The van der Waals surface area contributed by atoms with Crippen molar-refractivity contribution in [2.24, 2.45) is 4.99 Å². The molecule has 1 heterocycles. The quantitative estimate of drug-likeness (QED) is 0.258. The minimum Gasteiger partial charge on any atom is -0.497 e. The van der Waals surface area contributed by atoms with Crippen LogP contribution in [0.15, 0.2) is 59.6 Å². The van der Waals surface area contributed by atoms with Crippen LogP contribution in [0.5, 0.6) is 5.75 Å². The monoisotopic (exact) mass is 538 g/mol. The summed E-state index contributed by atoms with van der Waals surface area (Å²) in [6.45, 7) is 6.12. The lowest BCUT2D eigenvalue weighted by Crippen LogP contribution is -2.40. The molecule has 1 aliphatic heterocycles. The van der Waals surface area contributed by atoms with Crippen LogP contribution in [0.1, 0.15) is 43.0 Å². The zero-order valence-corrected chi connectivity index (χ0v) is 20.8. The fraction of sp³-hybridized carbons (Fsp3) is 0.458. The van der Waals surface area contributed by atoms with Crippen molar-refractivity contribution >= 4 is 29.9 Å². The molecule has 0 aliphatic carbocycles. The van der Waals surface area contributed by atoms with Crippen LogP contribution in [0.4, 0.5) is 0 Å². The minimum absolute atomic E-state index is 0. The van der Waals surface area contributed by atoms with E-state index in [9.17, 15) is 5.11 Å². The van der Waals surface area contributed by atoms with Gasteiger partial charge in [0.25, 0.3) is 0 Å². The molecular formula is C24H35IN4O2. The summed E-state index contributed by atoms with van der Waals surface area (Å²) in [6, 6.07) is 18.4. The van der Waals surface area contributed by atoms with E-state index in [-0.39, 0.29) is 30.0 Å². The van der Waals surface area contributed by atoms with Crippen molar-refractivity contribution in [3.8, 4) is 5.75 Å². The van der Waals surface area contributed by atoms with Gasteiger partial charge >= 0.3 is 0 Å². The SMILES string of the molecule is CCNC(=NCC(c1ccccc1)N1CCCC1)NCC(O)c1ccc(OC)cc1.I. The topological polar surface area (TPSA) is 69.1 Å². The standard InChI is InChI=1S/C24H34N4O2.HI/c1-3-25-24(27-18-23(29)20-11-13-21(30-2)14-12-20)26-17-22(28-15-7-8-16-28)19-9-5-4-6-10-19;/h4-6,9-14,22-23,29H,3,7-8,15-18H2,1-2H3,(H2,25,26,27);1H. The average Bonchev–Trinajstić information content (AvgIpc) is 3.32. The average molecular weight is 538 g/mol. The highest BCUT2D eigenvalue weighted by molar-refractivity contribution is 14.0. The second-order valence-electron chi connectivity index (χ2n) is 7.56. The van der Waals surface area contributed by atoms with Crippen molar-refractivity contribution in [2.75, 3.05) is 39.8 Å². The number of hydrogen-bond donors (Lipinski definition) is 3. The molecule has 0 saturated carbocycles. The lowest BCUT2D eigenvalue weighted by atomic mass is 10.1. The Morgan fingerprint density at radius 1 is 1.03 bits per heavy atom. The third-order valence-electron chi connectivity index (χ3n) is 5.50. The van der Waals surface area contributed by atoms with E-state index in [2.05, 4.69) is 45.9 Å². The lowest BCUT2D eigenvalue weighted by Gasteiger charge is -2.27. The zero-order chi connectivity index (χ0) is 21.2. The molecule has 0 spiro atoms. The highest BCUT2D eigenvalue weighted by atomic mass is 127. The molecule has 0 aromatic heterocycles. The number of benzene rings is 2. The van der Waals surface area contributed by atoms with Gasteiger partial charge in [-0.05, 0) is 56.1 Å². The number of nitrogens with zero attached hydrogens (tertiary/aromatic N) is 2. The largest absolute Gasteiger partial charge is 0.497 e. The van der Waals surface area contributed by atoms with E-state index in [0.717, 1.165) is 36.9 Å². The molecule has 3 rings (SSSR count). The number of ether oxygens (including phenoxy) is 1. The van der Waals surface area contributed by atoms with Gasteiger partial charge in [0, 0.05) is 13.1 Å². The Morgan fingerprint density at radius 3 is 2.32 bits per heavy atom. The number of aliphatic imine (C=N–C) groups is 1. The summed E-state index contributed by atoms with van der Waals surface area (Å²) in [6.07, 6.45) is 1.88. The molecule has 2 aromatic rings. The first-order valence-electron chi connectivity index (χ1n) is 10.8. The summed E-state index contributed by atoms with van der Waals surface area (Å²) in [4.78, 5) is 7.37. The predicted octanol–water partition coefficient (Wildman–Crippen LogP) is 3.74. The second-order valence-corrected chi connectivity index (χ2v) is 7.56. The fourth-order valence-electron chi connectivity index (χ4n) is 3.82. The van der Waals surface area contributed by atoms with Crippen LogP contribution < -0.4 is 15.4 Å². The number of hydrogen-bond acceptors (Lipinski definition) is 4. The van der Waals surface area contributed by atoms with Crippen molar-refractivity contribution in [3.63, 3.8) is 0 Å². The van der Waals surface area contributed by atoms with Gasteiger partial charge in [-0.25, -0.2) is 0 Å². The van der Waals surface area contributed by atoms with Gasteiger partial charge in [-0.2, -0.15) is 0 Å². The minimum atomic E-state index is -0.622. The van der Waals surface area contributed by atoms with Crippen LogP contribution >= 0.6 is 24.0 Å². The van der Waals surface area contributed by atoms with Gasteiger partial charge in [0.1, 0.15) is 5.75 Å². The van der Waals surface area contributed by atoms with Crippen LogP contribution in [0.25, 0.3) is 0 Å². The first kappa shape index (κ1) is 25.4. The summed E-state index contributed by atoms with van der Waals surface area (Å²) >= 11 is 0. The van der Waals surface area contributed by atoms with Gasteiger partial charge in [-0.15, -0.1) is 24.0 Å². The third kappa shape index (κ3) is 7.66. The number of guanidine groups is 1. The molecule has 0 radical (unpaired) electrons. The van der Waals surface area contributed by atoms with Gasteiger partial charge in [0.15, 0.2) is 5.96 Å². The fourth-order valence-corrected chi connectivity index (χ4v) is 3.82. The molecule has 3 N–H and O–H groups in total. The Hall–Kier alpha value is -1.84. The number of nitrogens with one attached hydrogen (secondary N) is 2. The summed E-state index contributed by atoms with van der Waals surface area (Å²) < 4.78 is 5.18. The van der Waals surface area contributed by atoms with Crippen molar-refractivity contribution in [1.82, 2.24) is 15.5 Å². The van der Waals surface area contributed by atoms with E-state index in [1.807, 2.05) is 31.2 Å². The second kappa shape index (κ2) is 13.5. The van der Waals surface area contributed by atoms with E-state index in [1.165, 1.54) is 18.4 Å². The van der Waals surface area contributed by atoms with Crippen molar-refractivity contribution < 1.29 is 9.84 Å². The molecule has 0 amide bonds. The summed E-state index contributed by atoms with van der Waals surface area (Å²) in [5.74, 6) is 1.51. The van der Waals surface area contributed by atoms with Gasteiger partial charge in [0.2, 0.25) is 0 Å². The Morgan fingerprint density at radius 2 is 1.71 bits per heavy atom. The molecule has 0 bridgehead atoms. The van der Waals surface area contributed by atoms with E-state index < -0.39 is 6.10 Å². The number of likely N-dealkylation sites (tertiary alicyclic amines) is 1. The predicted molar refractivity (Wildman–Crippen MR) is 137 cm³/mol. The van der Waals surface area contributed by atoms with E-state index in [1.54, 1.807) is 7.11 Å². The summed E-state index contributed by atoms with van der Waals surface area (Å²) in [5.41, 5.74) is 2.15. The maximum atomic E-state index is 10.5. The van der Waals surface area contributed by atoms with Crippen molar-refractivity contribution in [3.05, 3.63) is 65.7 Å². The maximum Gasteiger partial charge on any atom is 0.191 e. The number of aliphatic hydroxyl groups excluding tert-OH is 1. The smallest absolute Gasteiger partial charge is 0.191 e. The molecular weight excluding hydrogens is 503 g/mol. The molecule has 2 unspecified atom stereocenters. The molecule has 1 fully saturated rings. The number of methoxy groups -OCH3 is 1. The van der Waals surface area contributed by atoms with Gasteiger partial charge < -0.3 is 20.5 Å². The third-order valence-corrected chi connectivity index (χ3v) is 5.50. The molecule has 6 nitrogen and oxygen atoms in total. The lowest BCUT2D eigenvalue weighted by molar-refractivity contribution is 0.180. The highest BCUT2D eigenvalue weighted by Crippen LogP contribution is 2.25. The normalized spacial score (nSPS) is 16.3. The molecule has 1 saturated heterocycles. The number of halogens is 1. The molecule has 170 valence electrons. The first-order chi connectivity index (χ1) is 14.7.